The van der Waals surface area contributed by atoms with Gasteiger partial charge in [-0.2, -0.15) is 8.78 Å². The maximum atomic E-state index is 14.2. The molecular formula is C21H10Cl2F4N2O3. The van der Waals surface area contributed by atoms with Crippen LogP contribution in [0.5, 0.6) is 5.75 Å². The lowest BCUT2D eigenvalue weighted by atomic mass is 10.1. The first-order chi connectivity index (χ1) is 15.2. The number of anilines is 1. The van der Waals surface area contributed by atoms with E-state index >= 15 is 0 Å². The molecule has 0 fully saturated rings. The van der Waals surface area contributed by atoms with Crippen LogP contribution in [-0.4, -0.2) is 18.0 Å². The summed E-state index contributed by atoms with van der Waals surface area (Å²) >= 11 is 11.9. The maximum Gasteiger partial charge on any atom is 0.261 e. The number of aromatic nitrogens is 1. The summed E-state index contributed by atoms with van der Waals surface area (Å²) in [5.74, 6) is -9.89. The largest absolute Gasteiger partial charge is 0.491 e. The van der Waals surface area contributed by atoms with Crippen LogP contribution in [0, 0.1) is 23.3 Å². The number of carbonyl (C=O) groups excluding carboxylic acids is 1. The van der Waals surface area contributed by atoms with Gasteiger partial charge in [0.25, 0.3) is 5.91 Å². The van der Waals surface area contributed by atoms with Gasteiger partial charge in [-0.15, -0.1) is 0 Å². The number of hydrogen-bond donors (Lipinski definition) is 1. The Morgan fingerprint density at radius 3 is 2.28 bits per heavy atom. The molecule has 0 unspecified atom stereocenters. The molecule has 1 N–H and O–H groups in total. The zero-order valence-corrected chi connectivity index (χ0v) is 17.4. The molecule has 1 aromatic heterocycles. The van der Waals surface area contributed by atoms with Gasteiger partial charge in [0.15, 0.2) is 23.0 Å². The summed E-state index contributed by atoms with van der Waals surface area (Å²) in [6, 6.07) is 8.91. The summed E-state index contributed by atoms with van der Waals surface area (Å²) in [7, 11) is 0.833. The van der Waals surface area contributed by atoms with Crippen molar-refractivity contribution in [3.8, 4) is 17.2 Å². The topological polar surface area (TPSA) is 64.4 Å². The lowest BCUT2D eigenvalue weighted by molar-refractivity contribution is 0.101. The van der Waals surface area contributed by atoms with Crippen LogP contribution in [-0.2, 0) is 0 Å². The highest BCUT2D eigenvalue weighted by Gasteiger charge is 2.30. The number of fused-ring (bicyclic) bond motifs is 1. The highest BCUT2D eigenvalue weighted by molar-refractivity contribution is 6.42. The van der Waals surface area contributed by atoms with Crippen molar-refractivity contribution in [1.82, 2.24) is 4.98 Å². The van der Waals surface area contributed by atoms with Gasteiger partial charge in [-0.3, -0.25) is 4.79 Å². The van der Waals surface area contributed by atoms with E-state index in [1.807, 2.05) is 0 Å². The summed E-state index contributed by atoms with van der Waals surface area (Å²) < 4.78 is 66.1. The third-order valence-corrected chi connectivity index (χ3v) is 5.21. The van der Waals surface area contributed by atoms with Gasteiger partial charge in [0.1, 0.15) is 11.1 Å². The number of benzene rings is 3. The van der Waals surface area contributed by atoms with Gasteiger partial charge in [0, 0.05) is 11.3 Å². The Morgan fingerprint density at radius 2 is 1.66 bits per heavy atom. The van der Waals surface area contributed by atoms with Crippen molar-refractivity contribution in [3.05, 3.63) is 75.3 Å². The van der Waals surface area contributed by atoms with E-state index in [0.29, 0.717) is 21.2 Å². The second-order valence-corrected chi connectivity index (χ2v) is 7.26. The molecule has 0 spiro atoms. The number of amides is 1. The molecule has 0 atom stereocenters. The van der Waals surface area contributed by atoms with Crippen LogP contribution >= 0.6 is 23.2 Å². The van der Waals surface area contributed by atoms with E-state index in [9.17, 15) is 22.4 Å². The number of nitrogens with one attached hydrogen (secondary N) is 1. The number of carbonyl (C=O) groups is 1. The SMILES string of the molecule is COc1c(F)c(F)c(C(=O)Nc2ccc3oc(-c4ccc(Cl)c(Cl)c4)nc3c2)c(F)c1F. The third-order valence-electron chi connectivity index (χ3n) is 4.47. The molecule has 4 aromatic rings. The summed E-state index contributed by atoms with van der Waals surface area (Å²) in [4.78, 5) is 16.6. The first-order valence-corrected chi connectivity index (χ1v) is 9.54. The zero-order chi connectivity index (χ0) is 23.2. The predicted octanol–water partition coefficient (Wildman–Crippen LogP) is 6.62. The molecule has 0 radical (unpaired) electrons. The summed E-state index contributed by atoms with van der Waals surface area (Å²) in [5.41, 5.74) is -0.223. The Balaban J connectivity index is 1.67. The fraction of sp³-hybridized carbons (Fsp3) is 0.0476. The van der Waals surface area contributed by atoms with Crippen LogP contribution in [0.2, 0.25) is 10.0 Å². The Bertz CT molecular complexity index is 1360. The normalized spacial score (nSPS) is 11.1. The van der Waals surface area contributed by atoms with E-state index < -0.39 is 40.5 Å². The average Bonchev–Trinajstić information content (AvgIpc) is 3.18. The van der Waals surface area contributed by atoms with Crippen molar-refractivity contribution >= 4 is 45.9 Å². The van der Waals surface area contributed by atoms with E-state index in [0.717, 1.165) is 7.11 Å². The van der Waals surface area contributed by atoms with Crippen molar-refractivity contribution in [2.75, 3.05) is 12.4 Å². The number of oxazole rings is 1. The highest BCUT2D eigenvalue weighted by atomic mass is 35.5. The second-order valence-electron chi connectivity index (χ2n) is 6.45. The minimum Gasteiger partial charge on any atom is -0.491 e. The Labute approximate surface area is 187 Å². The molecule has 32 heavy (non-hydrogen) atoms. The number of hydrogen-bond acceptors (Lipinski definition) is 4. The van der Waals surface area contributed by atoms with Gasteiger partial charge in [-0.25, -0.2) is 13.8 Å². The molecule has 0 aliphatic carbocycles. The van der Waals surface area contributed by atoms with Crippen LogP contribution < -0.4 is 10.1 Å². The maximum absolute atomic E-state index is 14.2. The number of ether oxygens (including phenoxy) is 1. The number of methoxy groups -OCH3 is 1. The average molecular weight is 485 g/mol. The number of halogens is 6. The van der Waals surface area contributed by atoms with E-state index in [1.165, 1.54) is 18.2 Å². The Kier molecular flexibility index (Phi) is 5.70. The van der Waals surface area contributed by atoms with Gasteiger partial charge in [-0.1, -0.05) is 23.2 Å². The molecule has 0 aliphatic rings. The van der Waals surface area contributed by atoms with Crippen molar-refractivity contribution in [3.63, 3.8) is 0 Å². The van der Waals surface area contributed by atoms with Crippen molar-refractivity contribution < 1.29 is 31.5 Å². The molecule has 0 saturated heterocycles. The molecule has 3 aromatic carbocycles. The minimum absolute atomic E-state index is 0.0481. The fourth-order valence-electron chi connectivity index (χ4n) is 2.94. The Morgan fingerprint density at radius 1 is 0.969 bits per heavy atom. The molecular weight excluding hydrogens is 475 g/mol. The van der Waals surface area contributed by atoms with Gasteiger partial charge in [0.05, 0.1) is 17.2 Å². The molecule has 0 bridgehead atoms. The number of nitrogens with zero attached hydrogens (tertiary/aromatic N) is 1. The lowest BCUT2D eigenvalue weighted by Crippen LogP contribution is -2.18. The van der Waals surface area contributed by atoms with Crippen LogP contribution in [0.25, 0.3) is 22.6 Å². The highest BCUT2D eigenvalue weighted by Crippen LogP contribution is 2.32. The molecule has 5 nitrogen and oxygen atoms in total. The fourth-order valence-corrected chi connectivity index (χ4v) is 3.24. The smallest absolute Gasteiger partial charge is 0.261 e. The van der Waals surface area contributed by atoms with E-state index in [4.69, 9.17) is 27.6 Å². The molecule has 11 heteroatoms. The van der Waals surface area contributed by atoms with Crippen LogP contribution in [0.4, 0.5) is 23.2 Å². The summed E-state index contributed by atoms with van der Waals surface area (Å²) in [5, 5.41) is 2.82. The predicted molar refractivity (Wildman–Crippen MR) is 110 cm³/mol. The van der Waals surface area contributed by atoms with Crippen LogP contribution in [0.1, 0.15) is 10.4 Å². The molecule has 1 amide bonds. The van der Waals surface area contributed by atoms with E-state index in [1.54, 1.807) is 18.2 Å². The monoisotopic (exact) mass is 484 g/mol. The first-order valence-electron chi connectivity index (χ1n) is 8.78. The number of rotatable bonds is 4. The van der Waals surface area contributed by atoms with Crippen molar-refractivity contribution in [2.45, 2.75) is 0 Å². The van der Waals surface area contributed by atoms with E-state index in [2.05, 4.69) is 15.0 Å². The first kappa shape index (κ1) is 21.9. The third kappa shape index (κ3) is 3.74. The molecule has 0 saturated carbocycles. The van der Waals surface area contributed by atoms with Crippen molar-refractivity contribution in [2.24, 2.45) is 0 Å². The van der Waals surface area contributed by atoms with Crippen LogP contribution in [0.3, 0.4) is 0 Å². The molecule has 1 heterocycles. The van der Waals surface area contributed by atoms with Gasteiger partial charge >= 0.3 is 0 Å². The zero-order valence-electron chi connectivity index (χ0n) is 15.9. The second kappa shape index (κ2) is 8.33. The summed E-state index contributed by atoms with van der Waals surface area (Å²) in [6.07, 6.45) is 0. The van der Waals surface area contributed by atoms with Crippen LogP contribution in [0.15, 0.2) is 40.8 Å². The quantitative estimate of drug-likeness (QED) is 0.261. The summed E-state index contributed by atoms with van der Waals surface area (Å²) in [6.45, 7) is 0. The Hall–Kier alpha value is -3.30. The lowest BCUT2D eigenvalue weighted by Gasteiger charge is -2.11. The molecule has 164 valence electrons. The standard InChI is InChI=1S/C21H10Cl2F4N2O3/c1-31-19-17(26)15(24)14(16(25)18(19)27)20(30)28-9-3-5-13-12(7-9)29-21(32-13)8-2-4-10(22)11(23)6-8/h2-7H,1H3,(H,28,30). The van der Waals surface area contributed by atoms with Gasteiger partial charge < -0.3 is 14.5 Å². The van der Waals surface area contributed by atoms with Crippen molar-refractivity contribution in [1.29, 1.82) is 0 Å². The molecule has 0 aliphatic heterocycles. The van der Waals surface area contributed by atoms with E-state index in [-0.39, 0.29) is 17.1 Å². The minimum atomic E-state index is -1.89. The molecule has 4 rings (SSSR count). The van der Waals surface area contributed by atoms with Gasteiger partial charge in [-0.05, 0) is 36.4 Å². The van der Waals surface area contributed by atoms with Gasteiger partial charge in [0.2, 0.25) is 17.5 Å².